The third-order valence-corrected chi connectivity index (χ3v) is 5.99. The minimum Gasteiger partial charge on any atom is -0.376 e. The summed E-state index contributed by atoms with van der Waals surface area (Å²) in [7, 11) is 0. The number of halogens is 2. The van der Waals surface area contributed by atoms with Crippen LogP contribution in [-0.4, -0.2) is 22.3 Å². The molecule has 2 aromatic carbocycles. The highest BCUT2D eigenvalue weighted by atomic mass is 35.5. The van der Waals surface area contributed by atoms with Crippen molar-refractivity contribution in [3.05, 3.63) is 69.2 Å². The molecule has 27 heavy (non-hydrogen) atoms. The first-order valence-electron chi connectivity index (χ1n) is 8.80. The molecule has 1 aliphatic heterocycles. The van der Waals surface area contributed by atoms with E-state index in [1.807, 2.05) is 18.2 Å². The topological polar surface area (TPSA) is 44.1 Å². The Morgan fingerprint density at radius 2 is 2.15 bits per heavy atom. The lowest BCUT2D eigenvalue weighted by Gasteiger charge is -2.16. The smallest absolute Gasteiger partial charge is 0.262 e. The van der Waals surface area contributed by atoms with Gasteiger partial charge in [-0.2, -0.15) is 0 Å². The molecule has 2 heterocycles. The van der Waals surface area contributed by atoms with Gasteiger partial charge < -0.3 is 4.74 Å². The molecule has 1 aromatic heterocycles. The quantitative estimate of drug-likeness (QED) is 0.458. The van der Waals surface area contributed by atoms with Gasteiger partial charge in [-0.15, -0.1) is 0 Å². The van der Waals surface area contributed by atoms with E-state index in [0.29, 0.717) is 33.4 Å². The van der Waals surface area contributed by atoms with Gasteiger partial charge in [0.1, 0.15) is 5.82 Å². The monoisotopic (exact) mass is 404 g/mol. The van der Waals surface area contributed by atoms with Crippen LogP contribution in [-0.2, 0) is 17.0 Å². The molecule has 0 radical (unpaired) electrons. The first kappa shape index (κ1) is 18.5. The van der Waals surface area contributed by atoms with E-state index in [1.54, 1.807) is 16.7 Å². The van der Waals surface area contributed by atoms with Gasteiger partial charge in [0, 0.05) is 17.4 Å². The summed E-state index contributed by atoms with van der Waals surface area (Å²) < 4.78 is 20.7. The van der Waals surface area contributed by atoms with Gasteiger partial charge in [-0.1, -0.05) is 41.6 Å². The number of para-hydroxylation sites is 1. The molecule has 0 spiro atoms. The molecule has 0 N–H and O–H groups in total. The van der Waals surface area contributed by atoms with Crippen molar-refractivity contribution in [3.63, 3.8) is 0 Å². The summed E-state index contributed by atoms with van der Waals surface area (Å²) in [5.74, 6) is 0.128. The highest BCUT2D eigenvalue weighted by Crippen LogP contribution is 2.27. The van der Waals surface area contributed by atoms with E-state index in [4.69, 9.17) is 21.3 Å². The van der Waals surface area contributed by atoms with Crippen molar-refractivity contribution in [1.29, 1.82) is 0 Å². The van der Waals surface area contributed by atoms with Crippen molar-refractivity contribution in [2.75, 3.05) is 6.61 Å². The fourth-order valence-electron chi connectivity index (χ4n) is 3.19. The Morgan fingerprint density at radius 1 is 1.30 bits per heavy atom. The molecule has 1 aliphatic rings. The highest BCUT2D eigenvalue weighted by Gasteiger charge is 2.20. The Labute approximate surface area is 165 Å². The van der Waals surface area contributed by atoms with Crippen LogP contribution in [0.5, 0.6) is 0 Å². The van der Waals surface area contributed by atoms with E-state index >= 15 is 0 Å². The van der Waals surface area contributed by atoms with Gasteiger partial charge in [-0.05, 0) is 42.7 Å². The fourth-order valence-corrected chi connectivity index (χ4v) is 4.52. The largest absolute Gasteiger partial charge is 0.376 e. The van der Waals surface area contributed by atoms with Crippen LogP contribution in [0.25, 0.3) is 10.9 Å². The Hall–Kier alpha value is -1.89. The van der Waals surface area contributed by atoms with Crippen LogP contribution in [0.1, 0.15) is 18.4 Å². The zero-order valence-corrected chi connectivity index (χ0v) is 16.1. The second kappa shape index (κ2) is 8.00. The Balaban J connectivity index is 1.69. The van der Waals surface area contributed by atoms with Gasteiger partial charge in [-0.3, -0.25) is 9.36 Å². The molecule has 140 valence electrons. The van der Waals surface area contributed by atoms with Gasteiger partial charge in [0.2, 0.25) is 0 Å². The zero-order valence-electron chi connectivity index (χ0n) is 14.5. The molecule has 7 heteroatoms. The zero-order chi connectivity index (χ0) is 18.8. The van der Waals surface area contributed by atoms with Gasteiger partial charge in [0.05, 0.1) is 23.6 Å². The molecule has 0 saturated carbocycles. The number of rotatable bonds is 5. The summed E-state index contributed by atoms with van der Waals surface area (Å²) >= 11 is 7.56. The lowest BCUT2D eigenvalue weighted by atomic mass is 10.2. The average molecular weight is 405 g/mol. The third kappa shape index (κ3) is 4.03. The molecule has 0 aliphatic carbocycles. The normalized spacial score (nSPS) is 16.9. The standard InChI is InChI=1S/C20H18ClFN2O2S/c21-17-10-14(22)8-7-13(17)12-27-20-23-18-6-2-1-5-16(18)19(25)24(20)11-15-4-3-9-26-15/h1-2,5-8,10,15H,3-4,9,11-12H2. The van der Waals surface area contributed by atoms with E-state index in [1.165, 1.54) is 23.9 Å². The minimum absolute atomic E-state index is 0.0272. The van der Waals surface area contributed by atoms with E-state index in [2.05, 4.69) is 0 Å². The lowest BCUT2D eigenvalue weighted by molar-refractivity contribution is 0.0937. The van der Waals surface area contributed by atoms with Gasteiger partial charge in [0.15, 0.2) is 5.16 Å². The van der Waals surface area contributed by atoms with Crippen LogP contribution < -0.4 is 5.56 Å². The minimum atomic E-state index is -0.368. The maximum Gasteiger partial charge on any atom is 0.262 e. The van der Waals surface area contributed by atoms with E-state index in [-0.39, 0.29) is 17.5 Å². The van der Waals surface area contributed by atoms with Crippen molar-refractivity contribution in [2.24, 2.45) is 0 Å². The number of hydrogen-bond acceptors (Lipinski definition) is 4. The van der Waals surface area contributed by atoms with Crippen LogP contribution in [0.15, 0.2) is 52.4 Å². The van der Waals surface area contributed by atoms with Crippen molar-refractivity contribution in [3.8, 4) is 0 Å². The van der Waals surface area contributed by atoms with Gasteiger partial charge in [0.25, 0.3) is 5.56 Å². The first-order chi connectivity index (χ1) is 13.1. The van der Waals surface area contributed by atoms with Crippen LogP contribution in [0.4, 0.5) is 4.39 Å². The Morgan fingerprint density at radius 3 is 2.93 bits per heavy atom. The number of nitrogens with zero attached hydrogens (tertiary/aromatic N) is 2. The van der Waals surface area contributed by atoms with E-state index in [9.17, 15) is 9.18 Å². The van der Waals surface area contributed by atoms with Crippen molar-refractivity contribution in [2.45, 2.75) is 36.4 Å². The molecule has 4 nitrogen and oxygen atoms in total. The summed E-state index contributed by atoms with van der Waals surface area (Å²) in [5.41, 5.74) is 1.40. The summed E-state index contributed by atoms with van der Waals surface area (Å²) in [4.78, 5) is 17.7. The molecule has 1 fully saturated rings. The maximum atomic E-state index is 13.3. The molecule has 1 atom stereocenters. The molecule has 4 rings (SSSR count). The van der Waals surface area contributed by atoms with Crippen LogP contribution in [0.3, 0.4) is 0 Å². The Kier molecular flexibility index (Phi) is 5.48. The summed E-state index contributed by atoms with van der Waals surface area (Å²) in [5, 5.41) is 1.59. The molecule has 1 saturated heterocycles. The number of aromatic nitrogens is 2. The molecule has 0 amide bonds. The molecule has 0 bridgehead atoms. The lowest BCUT2D eigenvalue weighted by Crippen LogP contribution is -2.28. The molecular weight excluding hydrogens is 387 g/mol. The van der Waals surface area contributed by atoms with Crippen molar-refractivity contribution in [1.82, 2.24) is 9.55 Å². The first-order valence-corrected chi connectivity index (χ1v) is 10.2. The number of thioether (sulfide) groups is 1. The van der Waals surface area contributed by atoms with Crippen LogP contribution in [0.2, 0.25) is 5.02 Å². The van der Waals surface area contributed by atoms with Gasteiger partial charge in [-0.25, -0.2) is 9.37 Å². The summed E-state index contributed by atoms with van der Waals surface area (Å²) in [6.07, 6.45) is 1.97. The predicted molar refractivity (Wildman–Crippen MR) is 106 cm³/mol. The summed E-state index contributed by atoms with van der Waals surface area (Å²) in [6.45, 7) is 1.21. The number of hydrogen-bond donors (Lipinski definition) is 0. The number of benzene rings is 2. The van der Waals surface area contributed by atoms with Crippen LogP contribution >= 0.6 is 23.4 Å². The number of ether oxygens (including phenoxy) is 1. The van der Waals surface area contributed by atoms with Crippen molar-refractivity contribution < 1.29 is 9.13 Å². The SMILES string of the molecule is O=c1c2ccccc2nc(SCc2ccc(F)cc2Cl)n1CC1CCCO1. The molecular formula is C20H18ClFN2O2S. The highest BCUT2D eigenvalue weighted by molar-refractivity contribution is 7.98. The molecule has 3 aromatic rings. The van der Waals surface area contributed by atoms with Gasteiger partial charge >= 0.3 is 0 Å². The third-order valence-electron chi connectivity index (χ3n) is 4.61. The Bertz CT molecular complexity index is 1030. The number of fused-ring (bicyclic) bond motifs is 1. The van der Waals surface area contributed by atoms with Crippen molar-refractivity contribution >= 4 is 34.3 Å². The van der Waals surface area contributed by atoms with Crippen LogP contribution in [0, 0.1) is 5.82 Å². The second-order valence-corrected chi connectivity index (χ2v) is 7.84. The molecule has 1 unspecified atom stereocenters. The summed E-state index contributed by atoms with van der Waals surface area (Å²) in [6, 6.07) is 11.7. The van der Waals surface area contributed by atoms with E-state index in [0.717, 1.165) is 25.0 Å². The second-order valence-electron chi connectivity index (χ2n) is 6.49. The maximum absolute atomic E-state index is 13.3. The average Bonchev–Trinajstić information content (AvgIpc) is 3.17. The predicted octanol–water partition coefficient (Wildman–Crippen LogP) is 4.66. The fraction of sp³-hybridized carbons (Fsp3) is 0.300. The van der Waals surface area contributed by atoms with E-state index < -0.39 is 0 Å².